The molecule has 0 aliphatic carbocycles. The Morgan fingerprint density at radius 1 is 1.24 bits per heavy atom. The summed E-state index contributed by atoms with van der Waals surface area (Å²) in [5, 5.41) is 2.45. The smallest absolute Gasteiger partial charge is 0.262 e. The van der Waals surface area contributed by atoms with Gasteiger partial charge in [-0.2, -0.15) is 0 Å². The van der Waals surface area contributed by atoms with Gasteiger partial charge in [0, 0.05) is 4.47 Å². The molecule has 0 atom stereocenters. The van der Waals surface area contributed by atoms with Crippen molar-refractivity contribution in [1.82, 2.24) is 0 Å². The number of anilines is 2. The van der Waals surface area contributed by atoms with Crippen LogP contribution in [-0.4, -0.2) is 12.5 Å². The minimum Gasteiger partial charge on any atom is -0.481 e. The fraction of sp³-hybridized carbons (Fsp3) is 0.0714. The van der Waals surface area contributed by atoms with Crippen LogP contribution >= 0.6 is 15.9 Å². The SMILES string of the molecule is Nc1cc(F)ccc1NC(=O)COc1ccc(Br)cc1F. The van der Waals surface area contributed by atoms with E-state index >= 15 is 0 Å². The highest BCUT2D eigenvalue weighted by molar-refractivity contribution is 9.10. The molecule has 0 heterocycles. The maximum absolute atomic E-state index is 13.5. The van der Waals surface area contributed by atoms with Crippen LogP contribution in [0.2, 0.25) is 0 Å². The van der Waals surface area contributed by atoms with E-state index in [2.05, 4.69) is 21.2 Å². The van der Waals surface area contributed by atoms with Gasteiger partial charge in [0.15, 0.2) is 18.2 Å². The summed E-state index contributed by atoms with van der Waals surface area (Å²) in [6.07, 6.45) is 0. The van der Waals surface area contributed by atoms with E-state index < -0.39 is 24.1 Å². The maximum Gasteiger partial charge on any atom is 0.262 e. The number of nitrogens with two attached hydrogens (primary N) is 1. The van der Waals surface area contributed by atoms with Gasteiger partial charge < -0.3 is 15.8 Å². The van der Waals surface area contributed by atoms with Crippen molar-refractivity contribution in [3.8, 4) is 5.75 Å². The van der Waals surface area contributed by atoms with Gasteiger partial charge in [-0.25, -0.2) is 8.78 Å². The molecule has 0 aliphatic rings. The molecule has 3 N–H and O–H groups in total. The average Bonchev–Trinajstić information content (AvgIpc) is 2.41. The molecule has 0 unspecified atom stereocenters. The number of benzene rings is 2. The van der Waals surface area contributed by atoms with Crippen molar-refractivity contribution >= 4 is 33.2 Å². The van der Waals surface area contributed by atoms with E-state index in [9.17, 15) is 13.6 Å². The van der Waals surface area contributed by atoms with E-state index in [0.29, 0.717) is 4.47 Å². The van der Waals surface area contributed by atoms with E-state index in [1.807, 2.05) is 0 Å². The molecule has 0 radical (unpaired) electrons. The summed E-state index contributed by atoms with van der Waals surface area (Å²) in [5.74, 6) is -1.66. The molecule has 1 amide bonds. The van der Waals surface area contributed by atoms with Crippen LogP contribution in [0.5, 0.6) is 5.75 Å². The number of hydrogen-bond acceptors (Lipinski definition) is 3. The standard InChI is InChI=1S/C14H11BrF2N2O2/c15-8-1-4-13(10(17)5-8)21-7-14(20)19-12-3-2-9(16)6-11(12)18/h1-6H,7,18H2,(H,19,20). The van der Waals surface area contributed by atoms with Crippen LogP contribution in [0.3, 0.4) is 0 Å². The van der Waals surface area contributed by atoms with E-state index in [1.165, 1.54) is 24.3 Å². The molecule has 2 rings (SSSR count). The molecule has 21 heavy (non-hydrogen) atoms. The molecule has 4 nitrogen and oxygen atoms in total. The van der Waals surface area contributed by atoms with Gasteiger partial charge in [0.1, 0.15) is 5.82 Å². The van der Waals surface area contributed by atoms with Crippen molar-refractivity contribution in [2.45, 2.75) is 0 Å². The first-order valence-corrected chi connectivity index (χ1v) is 6.68. The highest BCUT2D eigenvalue weighted by atomic mass is 79.9. The largest absolute Gasteiger partial charge is 0.481 e. The maximum atomic E-state index is 13.5. The molecule has 2 aromatic carbocycles. The van der Waals surface area contributed by atoms with E-state index in [-0.39, 0.29) is 17.1 Å². The van der Waals surface area contributed by atoms with Gasteiger partial charge in [0.2, 0.25) is 0 Å². The average molecular weight is 357 g/mol. The number of ether oxygens (including phenoxy) is 1. The number of amides is 1. The third-order valence-electron chi connectivity index (χ3n) is 2.54. The quantitative estimate of drug-likeness (QED) is 0.825. The van der Waals surface area contributed by atoms with E-state index in [1.54, 1.807) is 6.07 Å². The van der Waals surface area contributed by atoms with Crippen molar-refractivity contribution < 1.29 is 18.3 Å². The van der Waals surface area contributed by atoms with Gasteiger partial charge in [0.25, 0.3) is 5.91 Å². The lowest BCUT2D eigenvalue weighted by molar-refractivity contribution is -0.118. The molecular weight excluding hydrogens is 346 g/mol. The van der Waals surface area contributed by atoms with Gasteiger partial charge in [0.05, 0.1) is 11.4 Å². The summed E-state index contributed by atoms with van der Waals surface area (Å²) in [7, 11) is 0. The van der Waals surface area contributed by atoms with Crippen LogP contribution in [-0.2, 0) is 4.79 Å². The highest BCUT2D eigenvalue weighted by Crippen LogP contribution is 2.22. The molecular formula is C14H11BrF2N2O2. The number of rotatable bonds is 4. The molecule has 0 bridgehead atoms. The molecule has 0 fully saturated rings. The van der Waals surface area contributed by atoms with Crippen molar-refractivity contribution in [3.05, 3.63) is 52.5 Å². The Labute approximate surface area is 128 Å². The Hall–Kier alpha value is -2.15. The lowest BCUT2D eigenvalue weighted by atomic mass is 10.2. The Balaban J connectivity index is 1.96. The van der Waals surface area contributed by atoms with Crippen LogP contribution in [0.1, 0.15) is 0 Å². The lowest BCUT2D eigenvalue weighted by Crippen LogP contribution is -2.21. The summed E-state index contributed by atoms with van der Waals surface area (Å²) >= 11 is 3.11. The zero-order valence-corrected chi connectivity index (χ0v) is 12.3. The zero-order valence-electron chi connectivity index (χ0n) is 10.7. The topological polar surface area (TPSA) is 64.3 Å². The van der Waals surface area contributed by atoms with Gasteiger partial charge in [-0.15, -0.1) is 0 Å². The van der Waals surface area contributed by atoms with Gasteiger partial charge >= 0.3 is 0 Å². The Morgan fingerprint density at radius 2 is 2.00 bits per heavy atom. The summed E-state index contributed by atoms with van der Waals surface area (Å²) in [5.41, 5.74) is 5.92. The number of carbonyl (C=O) groups is 1. The summed E-state index contributed by atoms with van der Waals surface area (Å²) in [6, 6.07) is 7.81. The van der Waals surface area contributed by atoms with Crippen LogP contribution < -0.4 is 15.8 Å². The first-order valence-electron chi connectivity index (χ1n) is 5.88. The summed E-state index contributed by atoms with van der Waals surface area (Å²) < 4.78 is 32.0. The van der Waals surface area contributed by atoms with Crippen molar-refractivity contribution in [2.75, 3.05) is 17.7 Å². The minimum absolute atomic E-state index is 0.0413. The third kappa shape index (κ3) is 4.16. The second-order valence-corrected chi connectivity index (χ2v) is 5.06. The molecule has 0 aliphatic heterocycles. The molecule has 0 spiro atoms. The van der Waals surface area contributed by atoms with E-state index in [4.69, 9.17) is 10.5 Å². The van der Waals surface area contributed by atoms with Crippen LogP contribution in [0.4, 0.5) is 20.2 Å². The van der Waals surface area contributed by atoms with Gasteiger partial charge in [-0.1, -0.05) is 15.9 Å². The summed E-state index contributed by atoms with van der Waals surface area (Å²) in [6.45, 7) is -0.393. The van der Waals surface area contributed by atoms with Crippen molar-refractivity contribution in [3.63, 3.8) is 0 Å². The molecule has 0 saturated carbocycles. The zero-order chi connectivity index (χ0) is 15.4. The normalized spacial score (nSPS) is 10.2. The number of nitrogen functional groups attached to an aromatic ring is 1. The highest BCUT2D eigenvalue weighted by Gasteiger charge is 2.09. The molecule has 110 valence electrons. The van der Waals surface area contributed by atoms with E-state index in [0.717, 1.165) is 6.07 Å². The second-order valence-electron chi connectivity index (χ2n) is 4.14. The predicted molar refractivity (Wildman–Crippen MR) is 79.0 cm³/mol. The number of nitrogens with one attached hydrogen (secondary N) is 1. The number of halogens is 3. The fourth-order valence-electron chi connectivity index (χ4n) is 1.57. The Kier molecular flexibility index (Phi) is 4.74. The van der Waals surface area contributed by atoms with Crippen LogP contribution in [0.15, 0.2) is 40.9 Å². The summed E-state index contributed by atoms with van der Waals surface area (Å²) in [4.78, 5) is 11.7. The third-order valence-corrected chi connectivity index (χ3v) is 3.03. The Bertz CT molecular complexity index is 680. The molecule has 2 aromatic rings. The predicted octanol–water partition coefficient (Wildman–Crippen LogP) is 3.33. The van der Waals surface area contributed by atoms with Crippen molar-refractivity contribution in [1.29, 1.82) is 0 Å². The minimum atomic E-state index is -0.585. The number of hydrogen-bond donors (Lipinski definition) is 2. The van der Waals surface area contributed by atoms with Crippen LogP contribution in [0.25, 0.3) is 0 Å². The van der Waals surface area contributed by atoms with Gasteiger partial charge in [-0.3, -0.25) is 4.79 Å². The number of carbonyl (C=O) groups excluding carboxylic acids is 1. The molecule has 7 heteroatoms. The fourth-order valence-corrected chi connectivity index (χ4v) is 1.90. The molecule has 0 saturated heterocycles. The first-order chi connectivity index (χ1) is 9.95. The lowest BCUT2D eigenvalue weighted by Gasteiger charge is -2.10. The van der Waals surface area contributed by atoms with Crippen LogP contribution in [0, 0.1) is 11.6 Å². The monoisotopic (exact) mass is 356 g/mol. The first kappa shape index (κ1) is 15.2. The van der Waals surface area contributed by atoms with Gasteiger partial charge in [-0.05, 0) is 36.4 Å². The second kappa shape index (κ2) is 6.53. The Morgan fingerprint density at radius 3 is 2.67 bits per heavy atom. The molecule has 0 aromatic heterocycles. The van der Waals surface area contributed by atoms with Crippen molar-refractivity contribution in [2.24, 2.45) is 0 Å².